The Morgan fingerprint density at radius 3 is 2.31 bits per heavy atom. The quantitative estimate of drug-likeness (QED) is 0.656. The predicted octanol–water partition coefficient (Wildman–Crippen LogP) is 0.492. The summed E-state index contributed by atoms with van der Waals surface area (Å²) in [5.74, 6) is -0.291. The third-order valence-corrected chi connectivity index (χ3v) is 2.87. The molecule has 0 aromatic heterocycles. The highest BCUT2D eigenvalue weighted by molar-refractivity contribution is 7.98. The maximum atomic E-state index is 11.6. The number of carbonyl (C=O) groups is 1. The van der Waals surface area contributed by atoms with E-state index in [0.29, 0.717) is 5.56 Å². The fourth-order valence-electron chi connectivity index (χ4n) is 1.16. The minimum atomic E-state index is -0.604. The summed E-state index contributed by atoms with van der Waals surface area (Å²) in [6.07, 6.45) is 1.96. The lowest BCUT2D eigenvalue weighted by Gasteiger charge is -2.13. The average Bonchev–Trinajstić information content (AvgIpc) is 2.35. The molecule has 0 unspecified atom stereocenters. The summed E-state index contributed by atoms with van der Waals surface area (Å²) in [4.78, 5) is 12.7. The minimum absolute atomic E-state index is 0.273. The SMILES string of the molecule is CSc1ccc(C(=O)NC(CO)CO)cc1. The van der Waals surface area contributed by atoms with Crippen LogP contribution in [-0.4, -0.2) is 41.6 Å². The van der Waals surface area contributed by atoms with Crippen LogP contribution in [0.5, 0.6) is 0 Å². The summed E-state index contributed by atoms with van der Waals surface area (Å²) in [7, 11) is 0. The van der Waals surface area contributed by atoms with Crippen LogP contribution < -0.4 is 5.32 Å². The lowest BCUT2D eigenvalue weighted by Crippen LogP contribution is -2.40. The van der Waals surface area contributed by atoms with Crippen LogP contribution in [0.2, 0.25) is 0 Å². The molecule has 0 saturated carbocycles. The number of hydrogen-bond acceptors (Lipinski definition) is 4. The lowest BCUT2D eigenvalue weighted by atomic mass is 10.2. The second kappa shape index (κ2) is 6.52. The van der Waals surface area contributed by atoms with Gasteiger partial charge in [0.15, 0.2) is 0 Å². The van der Waals surface area contributed by atoms with E-state index in [1.165, 1.54) is 0 Å². The van der Waals surface area contributed by atoms with Gasteiger partial charge in [0.1, 0.15) is 0 Å². The van der Waals surface area contributed by atoms with Gasteiger partial charge >= 0.3 is 0 Å². The first kappa shape index (κ1) is 13.0. The lowest BCUT2D eigenvalue weighted by molar-refractivity contribution is 0.0879. The maximum absolute atomic E-state index is 11.6. The molecule has 88 valence electrons. The Hall–Kier alpha value is -1.04. The fourth-order valence-corrected chi connectivity index (χ4v) is 1.57. The van der Waals surface area contributed by atoms with Crippen molar-refractivity contribution < 1.29 is 15.0 Å². The molecule has 3 N–H and O–H groups in total. The number of thioether (sulfide) groups is 1. The van der Waals surface area contributed by atoms with Crippen molar-refractivity contribution in [3.63, 3.8) is 0 Å². The zero-order chi connectivity index (χ0) is 12.0. The Balaban J connectivity index is 2.65. The van der Waals surface area contributed by atoms with Gasteiger partial charge in [0, 0.05) is 10.5 Å². The Morgan fingerprint density at radius 1 is 1.31 bits per heavy atom. The van der Waals surface area contributed by atoms with Crippen molar-refractivity contribution in [2.45, 2.75) is 10.9 Å². The molecule has 0 spiro atoms. The van der Waals surface area contributed by atoms with E-state index in [1.807, 2.05) is 18.4 Å². The largest absolute Gasteiger partial charge is 0.394 e. The van der Waals surface area contributed by atoms with Gasteiger partial charge in [-0.2, -0.15) is 0 Å². The van der Waals surface area contributed by atoms with Crippen LogP contribution in [-0.2, 0) is 0 Å². The molecule has 0 aliphatic carbocycles. The molecule has 4 nitrogen and oxygen atoms in total. The minimum Gasteiger partial charge on any atom is -0.394 e. The van der Waals surface area contributed by atoms with Gasteiger partial charge in [-0.15, -0.1) is 11.8 Å². The molecule has 1 aromatic rings. The van der Waals surface area contributed by atoms with Crippen molar-refractivity contribution >= 4 is 17.7 Å². The normalized spacial score (nSPS) is 10.5. The van der Waals surface area contributed by atoms with Crippen molar-refractivity contribution in [3.05, 3.63) is 29.8 Å². The van der Waals surface area contributed by atoms with Gasteiger partial charge in [0.05, 0.1) is 19.3 Å². The molecule has 0 atom stereocenters. The monoisotopic (exact) mass is 241 g/mol. The van der Waals surface area contributed by atoms with Crippen molar-refractivity contribution in [3.8, 4) is 0 Å². The molecule has 5 heteroatoms. The zero-order valence-corrected chi connectivity index (χ0v) is 9.83. The topological polar surface area (TPSA) is 69.6 Å². The van der Waals surface area contributed by atoms with Gasteiger partial charge in [0.25, 0.3) is 5.91 Å². The van der Waals surface area contributed by atoms with Gasteiger partial charge in [-0.1, -0.05) is 0 Å². The van der Waals surface area contributed by atoms with Crippen molar-refractivity contribution in [1.29, 1.82) is 0 Å². The van der Waals surface area contributed by atoms with Crippen LogP contribution in [0, 0.1) is 0 Å². The standard InChI is InChI=1S/C11H15NO3S/c1-16-10-4-2-8(3-5-10)11(15)12-9(6-13)7-14/h2-5,9,13-14H,6-7H2,1H3,(H,12,15). The Morgan fingerprint density at radius 2 is 1.88 bits per heavy atom. The second-order valence-electron chi connectivity index (χ2n) is 3.26. The number of rotatable bonds is 5. The first-order chi connectivity index (χ1) is 7.71. The summed E-state index contributed by atoms with van der Waals surface area (Å²) in [6.45, 7) is -0.545. The molecule has 0 heterocycles. The fraction of sp³-hybridized carbons (Fsp3) is 0.364. The molecule has 0 fully saturated rings. The molecule has 16 heavy (non-hydrogen) atoms. The number of nitrogens with one attached hydrogen (secondary N) is 1. The first-order valence-corrected chi connectivity index (χ1v) is 6.10. The van der Waals surface area contributed by atoms with Gasteiger partial charge in [-0.3, -0.25) is 4.79 Å². The number of aliphatic hydroxyl groups is 2. The predicted molar refractivity (Wildman–Crippen MR) is 63.6 cm³/mol. The summed E-state index contributed by atoms with van der Waals surface area (Å²) in [5.41, 5.74) is 0.518. The number of hydrogen-bond donors (Lipinski definition) is 3. The Labute approximate surface area is 98.7 Å². The summed E-state index contributed by atoms with van der Waals surface area (Å²) in [6, 6.07) is 6.53. The van der Waals surface area contributed by atoms with Gasteiger partial charge < -0.3 is 15.5 Å². The van der Waals surface area contributed by atoms with E-state index >= 15 is 0 Å². The molecule has 1 rings (SSSR count). The van der Waals surface area contributed by atoms with E-state index < -0.39 is 6.04 Å². The number of benzene rings is 1. The summed E-state index contributed by atoms with van der Waals surface area (Å²) < 4.78 is 0. The van der Waals surface area contributed by atoms with E-state index in [4.69, 9.17) is 10.2 Å². The molecule has 0 aliphatic rings. The van der Waals surface area contributed by atoms with Crippen molar-refractivity contribution in [1.82, 2.24) is 5.32 Å². The van der Waals surface area contributed by atoms with E-state index in [9.17, 15) is 4.79 Å². The van der Waals surface area contributed by atoms with E-state index in [1.54, 1.807) is 23.9 Å². The highest BCUT2D eigenvalue weighted by atomic mass is 32.2. The van der Waals surface area contributed by atoms with Gasteiger partial charge in [-0.05, 0) is 30.5 Å². The van der Waals surface area contributed by atoms with Crippen molar-refractivity contribution in [2.75, 3.05) is 19.5 Å². The Bertz CT molecular complexity index is 336. The summed E-state index contributed by atoms with van der Waals surface area (Å²) in [5, 5.41) is 20.2. The average molecular weight is 241 g/mol. The van der Waals surface area contributed by atoms with Gasteiger partial charge in [-0.25, -0.2) is 0 Å². The third-order valence-electron chi connectivity index (χ3n) is 2.13. The van der Waals surface area contributed by atoms with Crippen LogP contribution >= 0.6 is 11.8 Å². The number of aliphatic hydroxyl groups excluding tert-OH is 2. The van der Waals surface area contributed by atoms with Crippen LogP contribution in [0.4, 0.5) is 0 Å². The molecule has 1 amide bonds. The molecule has 1 aromatic carbocycles. The summed E-state index contributed by atoms with van der Waals surface area (Å²) >= 11 is 1.60. The first-order valence-electron chi connectivity index (χ1n) is 4.88. The second-order valence-corrected chi connectivity index (χ2v) is 4.14. The molecule has 0 bridgehead atoms. The van der Waals surface area contributed by atoms with E-state index in [0.717, 1.165) is 4.90 Å². The van der Waals surface area contributed by atoms with Crippen molar-refractivity contribution in [2.24, 2.45) is 0 Å². The number of amides is 1. The highest BCUT2D eigenvalue weighted by Crippen LogP contribution is 2.14. The molecule has 0 aliphatic heterocycles. The molecular formula is C11H15NO3S. The van der Waals surface area contributed by atoms with Gasteiger partial charge in [0.2, 0.25) is 0 Å². The third kappa shape index (κ3) is 3.52. The molecule has 0 radical (unpaired) electrons. The number of carbonyl (C=O) groups excluding carboxylic acids is 1. The van der Waals surface area contributed by atoms with Crippen LogP contribution in [0.1, 0.15) is 10.4 Å². The molecular weight excluding hydrogens is 226 g/mol. The molecule has 0 saturated heterocycles. The van der Waals surface area contributed by atoms with Crippen LogP contribution in [0.15, 0.2) is 29.2 Å². The van der Waals surface area contributed by atoms with E-state index in [-0.39, 0.29) is 19.1 Å². The zero-order valence-electron chi connectivity index (χ0n) is 9.01. The highest BCUT2D eigenvalue weighted by Gasteiger charge is 2.11. The Kier molecular flexibility index (Phi) is 5.31. The van der Waals surface area contributed by atoms with Crippen LogP contribution in [0.25, 0.3) is 0 Å². The smallest absolute Gasteiger partial charge is 0.251 e. The maximum Gasteiger partial charge on any atom is 0.251 e. The van der Waals surface area contributed by atoms with E-state index in [2.05, 4.69) is 5.32 Å². The van der Waals surface area contributed by atoms with Crippen LogP contribution in [0.3, 0.4) is 0 Å².